The SMILES string of the molecule is COC(=O)N[C@H](C(=O)N1CCC[C@H]1C(=O)Nc1ccc2cc(-c3cnc(NC(=O)[C@@H]4CCCN4)nc3)ccc2n1)C(C)C. The number of ether oxygens (including phenoxy) is 1. The van der Waals surface area contributed by atoms with E-state index in [-0.39, 0.29) is 35.6 Å². The topological polar surface area (TPSA) is 168 Å². The minimum absolute atomic E-state index is 0.132. The molecule has 4 heterocycles. The number of anilines is 2. The van der Waals surface area contributed by atoms with Gasteiger partial charge in [-0.1, -0.05) is 19.9 Å². The highest BCUT2D eigenvalue weighted by molar-refractivity contribution is 5.99. The largest absolute Gasteiger partial charge is 0.453 e. The van der Waals surface area contributed by atoms with Gasteiger partial charge in [0.1, 0.15) is 17.9 Å². The summed E-state index contributed by atoms with van der Waals surface area (Å²) >= 11 is 0. The van der Waals surface area contributed by atoms with Crippen LogP contribution in [0.25, 0.3) is 22.0 Å². The first kappa shape index (κ1) is 29.8. The maximum absolute atomic E-state index is 13.3. The van der Waals surface area contributed by atoms with E-state index in [9.17, 15) is 19.2 Å². The molecule has 1 aromatic carbocycles. The number of aromatic nitrogens is 3. The third kappa shape index (κ3) is 6.88. The Morgan fingerprint density at radius 1 is 0.977 bits per heavy atom. The third-order valence-electron chi connectivity index (χ3n) is 7.77. The van der Waals surface area contributed by atoms with E-state index in [4.69, 9.17) is 0 Å². The molecule has 0 aliphatic carbocycles. The number of benzene rings is 1. The van der Waals surface area contributed by atoms with E-state index in [1.807, 2.05) is 38.1 Å². The molecule has 2 aromatic heterocycles. The van der Waals surface area contributed by atoms with Crippen molar-refractivity contribution in [3.05, 3.63) is 42.7 Å². The van der Waals surface area contributed by atoms with Gasteiger partial charge >= 0.3 is 6.09 Å². The number of hydrogen-bond acceptors (Lipinski definition) is 9. The van der Waals surface area contributed by atoms with Crippen LogP contribution < -0.4 is 21.3 Å². The zero-order chi connectivity index (χ0) is 30.5. The molecule has 13 nitrogen and oxygen atoms in total. The van der Waals surface area contributed by atoms with Crippen molar-refractivity contribution in [1.82, 2.24) is 30.5 Å². The highest BCUT2D eigenvalue weighted by Gasteiger charge is 2.39. The van der Waals surface area contributed by atoms with Gasteiger partial charge in [0.25, 0.3) is 0 Å². The van der Waals surface area contributed by atoms with Gasteiger partial charge in [0.15, 0.2) is 0 Å². The average Bonchev–Trinajstić information content (AvgIpc) is 3.73. The van der Waals surface area contributed by atoms with E-state index in [0.29, 0.717) is 30.7 Å². The monoisotopic (exact) mass is 588 g/mol. The van der Waals surface area contributed by atoms with Crippen LogP contribution >= 0.6 is 0 Å². The summed E-state index contributed by atoms with van der Waals surface area (Å²) in [6.45, 7) is 4.90. The quantitative estimate of drug-likeness (QED) is 0.309. The Morgan fingerprint density at radius 2 is 1.77 bits per heavy atom. The Morgan fingerprint density at radius 3 is 2.47 bits per heavy atom. The summed E-state index contributed by atoms with van der Waals surface area (Å²) in [7, 11) is 1.24. The van der Waals surface area contributed by atoms with Crippen LogP contribution in [0.5, 0.6) is 0 Å². The number of carbonyl (C=O) groups excluding carboxylic acids is 4. The molecule has 226 valence electrons. The number of alkyl carbamates (subject to hydrolysis) is 1. The van der Waals surface area contributed by atoms with Gasteiger partial charge in [-0.25, -0.2) is 19.7 Å². The summed E-state index contributed by atoms with van der Waals surface area (Å²) in [5, 5.41) is 12.2. The number of methoxy groups -OCH3 is 1. The van der Waals surface area contributed by atoms with Crippen LogP contribution in [0.1, 0.15) is 39.5 Å². The van der Waals surface area contributed by atoms with Gasteiger partial charge < -0.3 is 25.6 Å². The summed E-state index contributed by atoms with van der Waals surface area (Å²) in [4.78, 5) is 65.3. The van der Waals surface area contributed by atoms with Gasteiger partial charge in [-0.05, 0) is 68.0 Å². The number of rotatable bonds is 8. The van der Waals surface area contributed by atoms with E-state index >= 15 is 0 Å². The predicted molar refractivity (Wildman–Crippen MR) is 160 cm³/mol. The lowest BCUT2D eigenvalue weighted by Gasteiger charge is -2.30. The minimum atomic E-state index is -0.802. The Labute approximate surface area is 249 Å². The first-order valence-electron chi connectivity index (χ1n) is 14.5. The van der Waals surface area contributed by atoms with Gasteiger partial charge in [-0.3, -0.25) is 19.7 Å². The lowest BCUT2D eigenvalue weighted by molar-refractivity contribution is -0.139. The minimum Gasteiger partial charge on any atom is -0.453 e. The smallest absolute Gasteiger partial charge is 0.407 e. The summed E-state index contributed by atoms with van der Waals surface area (Å²) in [5.74, 6) is -0.338. The van der Waals surface area contributed by atoms with E-state index in [1.54, 1.807) is 18.5 Å². The summed E-state index contributed by atoms with van der Waals surface area (Å²) in [5.41, 5.74) is 2.34. The van der Waals surface area contributed by atoms with Gasteiger partial charge in [0, 0.05) is 29.9 Å². The van der Waals surface area contributed by atoms with Crippen molar-refractivity contribution < 1.29 is 23.9 Å². The van der Waals surface area contributed by atoms with Gasteiger partial charge in [0.2, 0.25) is 23.7 Å². The molecule has 0 saturated carbocycles. The fourth-order valence-electron chi connectivity index (χ4n) is 5.41. The number of nitrogens with zero attached hydrogens (tertiary/aromatic N) is 4. The fourth-order valence-corrected chi connectivity index (χ4v) is 5.41. The third-order valence-corrected chi connectivity index (χ3v) is 7.77. The van der Waals surface area contributed by atoms with Gasteiger partial charge in [-0.2, -0.15) is 0 Å². The highest BCUT2D eigenvalue weighted by atomic mass is 16.5. The van der Waals surface area contributed by atoms with Crippen LogP contribution in [0.2, 0.25) is 0 Å². The molecular weight excluding hydrogens is 552 g/mol. The number of pyridine rings is 1. The Balaban J connectivity index is 1.24. The number of nitrogens with one attached hydrogen (secondary N) is 4. The lowest BCUT2D eigenvalue weighted by atomic mass is 10.0. The van der Waals surface area contributed by atoms with Crippen molar-refractivity contribution in [3.63, 3.8) is 0 Å². The van der Waals surface area contributed by atoms with Crippen LogP contribution in [0.3, 0.4) is 0 Å². The van der Waals surface area contributed by atoms with Crippen LogP contribution in [0.4, 0.5) is 16.6 Å². The van der Waals surface area contributed by atoms with Gasteiger partial charge in [-0.15, -0.1) is 0 Å². The molecule has 0 radical (unpaired) electrons. The Hall–Kier alpha value is -4.65. The standard InChI is InChI=1S/C30H36N8O5/c1-17(2)25(36-30(42)43-3)28(41)38-13-5-7-23(38)27(40)35-24-11-9-19-14-18(8-10-21(19)34-24)20-15-32-29(33-16-20)37-26(39)22-6-4-12-31-22/h8-11,14-17,22-23,25,31H,4-7,12-13H2,1-3H3,(H,36,42)(H,34,35,40)(H,32,33,37,39)/t22-,23-,25-/m0/s1. The lowest BCUT2D eigenvalue weighted by Crippen LogP contribution is -2.54. The molecular formula is C30H36N8O5. The molecule has 3 atom stereocenters. The molecule has 43 heavy (non-hydrogen) atoms. The highest BCUT2D eigenvalue weighted by Crippen LogP contribution is 2.26. The molecule has 2 aliphatic heterocycles. The van der Waals surface area contributed by atoms with Crippen LogP contribution in [-0.2, 0) is 19.1 Å². The maximum Gasteiger partial charge on any atom is 0.407 e. The van der Waals surface area contributed by atoms with Crippen molar-refractivity contribution >= 4 is 46.5 Å². The molecule has 0 unspecified atom stereocenters. The van der Waals surface area contributed by atoms with Crippen molar-refractivity contribution in [2.24, 2.45) is 5.92 Å². The number of fused-ring (bicyclic) bond motifs is 1. The molecule has 2 fully saturated rings. The first-order chi connectivity index (χ1) is 20.7. The summed E-state index contributed by atoms with van der Waals surface area (Å²) < 4.78 is 4.67. The van der Waals surface area contributed by atoms with Crippen molar-refractivity contribution in [3.8, 4) is 11.1 Å². The molecule has 3 aromatic rings. The second-order valence-electron chi connectivity index (χ2n) is 11.1. The number of hydrogen-bond donors (Lipinski definition) is 4. The summed E-state index contributed by atoms with van der Waals surface area (Å²) in [6, 6.07) is 7.57. The molecule has 5 rings (SSSR count). The zero-order valence-corrected chi connectivity index (χ0v) is 24.4. The molecule has 13 heteroatoms. The molecule has 2 saturated heterocycles. The van der Waals surface area contributed by atoms with Crippen molar-refractivity contribution in [2.45, 2.75) is 57.7 Å². The average molecular weight is 589 g/mol. The molecule has 0 bridgehead atoms. The Bertz CT molecular complexity index is 1510. The number of likely N-dealkylation sites (tertiary alicyclic amines) is 1. The normalized spacial score (nSPS) is 18.8. The zero-order valence-electron chi connectivity index (χ0n) is 24.4. The van der Waals surface area contributed by atoms with Crippen LogP contribution in [-0.4, -0.2) is 82.0 Å². The molecule has 0 spiro atoms. The van der Waals surface area contributed by atoms with Crippen LogP contribution in [0.15, 0.2) is 42.7 Å². The van der Waals surface area contributed by atoms with E-state index in [1.165, 1.54) is 12.0 Å². The first-order valence-corrected chi connectivity index (χ1v) is 14.5. The second kappa shape index (κ2) is 13.1. The van der Waals surface area contributed by atoms with Crippen molar-refractivity contribution in [2.75, 3.05) is 30.8 Å². The van der Waals surface area contributed by atoms with E-state index in [0.717, 1.165) is 35.9 Å². The predicted octanol–water partition coefficient (Wildman–Crippen LogP) is 2.69. The Kier molecular flexibility index (Phi) is 9.10. The number of carbonyl (C=O) groups is 4. The molecule has 4 N–H and O–H groups in total. The van der Waals surface area contributed by atoms with Gasteiger partial charge in [0.05, 0.1) is 18.7 Å². The second-order valence-corrected chi connectivity index (χ2v) is 11.1. The molecule has 4 amide bonds. The molecule has 2 aliphatic rings. The maximum atomic E-state index is 13.3. The number of amides is 4. The fraction of sp³-hybridized carbons (Fsp3) is 0.433. The summed E-state index contributed by atoms with van der Waals surface area (Å²) in [6.07, 6.45) is 5.59. The van der Waals surface area contributed by atoms with Crippen molar-refractivity contribution in [1.29, 1.82) is 0 Å². The van der Waals surface area contributed by atoms with E-state index in [2.05, 4.69) is 41.0 Å². The van der Waals surface area contributed by atoms with Crippen LogP contribution in [0, 0.1) is 5.92 Å². The van der Waals surface area contributed by atoms with E-state index < -0.39 is 18.2 Å².